The molecule has 0 aliphatic heterocycles. The number of carboxylic acid groups (broad SMARTS) is 1. The topological polar surface area (TPSA) is 319 Å². The van der Waals surface area contributed by atoms with Gasteiger partial charge in [0.25, 0.3) is 15.8 Å². The molecule has 22 heteroatoms. The van der Waals surface area contributed by atoms with Crippen LogP contribution in [-0.4, -0.2) is 68.9 Å². The molecule has 0 spiro atoms. The van der Waals surface area contributed by atoms with Gasteiger partial charge < -0.3 is 30.9 Å². The number of carboxylic acids is 1. The Morgan fingerprint density at radius 3 is 2.43 bits per heavy atom. The molecule has 1 unspecified atom stereocenters. The van der Waals surface area contributed by atoms with Crippen LogP contribution in [0.5, 0.6) is 11.5 Å². The van der Waals surface area contributed by atoms with Crippen LogP contribution in [0.1, 0.15) is 15.9 Å². The highest BCUT2D eigenvalue weighted by atomic mass is 32.2. The number of rotatable bonds is 14. The predicted octanol–water partition coefficient (Wildman–Crippen LogP) is 5.28. The summed E-state index contributed by atoms with van der Waals surface area (Å²) >= 11 is 0.343. The summed E-state index contributed by atoms with van der Waals surface area (Å²) in [5.74, 6) is -2.20. The molecular formula is C27H24N6O14S2. The van der Waals surface area contributed by atoms with Crippen molar-refractivity contribution in [1.29, 1.82) is 0 Å². The quantitative estimate of drug-likeness (QED) is 0.0166. The van der Waals surface area contributed by atoms with E-state index < -0.39 is 67.9 Å². The van der Waals surface area contributed by atoms with Gasteiger partial charge in [-0.15, -0.1) is 14.6 Å². The number of benzene rings is 4. The fourth-order valence-electron chi connectivity index (χ4n) is 4.16. The van der Waals surface area contributed by atoms with Crippen molar-refractivity contribution < 1.29 is 62.5 Å². The number of aliphatic hydroxyl groups excluding tert-OH is 2. The van der Waals surface area contributed by atoms with E-state index in [1.807, 2.05) is 0 Å². The van der Waals surface area contributed by atoms with E-state index in [4.69, 9.17) is 15.7 Å². The average Bonchev–Trinajstić information content (AvgIpc) is 3.05. The smallest absolute Gasteiger partial charge is 0.342 e. The maximum atomic E-state index is 11.7. The summed E-state index contributed by atoms with van der Waals surface area (Å²) in [4.78, 5) is 21.1. The Kier molecular flexibility index (Phi) is 11.4. The normalized spacial score (nSPS) is 12.6. The molecule has 4 aromatic rings. The van der Waals surface area contributed by atoms with Crippen LogP contribution in [0.2, 0.25) is 0 Å². The van der Waals surface area contributed by atoms with Crippen LogP contribution in [0.3, 0.4) is 0 Å². The Labute approximate surface area is 278 Å². The first-order valence-electron chi connectivity index (χ1n) is 13.3. The Morgan fingerprint density at radius 2 is 1.80 bits per heavy atom. The number of aromatic carboxylic acids is 1. The zero-order chi connectivity index (χ0) is 36.0. The van der Waals surface area contributed by atoms with Gasteiger partial charge >= 0.3 is 5.97 Å². The van der Waals surface area contributed by atoms with Crippen LogP contribution in [-0.2, 0) is 19.5 Å². The summed E-state index contributed by atoms with van der Waals surface area (Å²) in [5.41, 5.74) is 4.35. The molecule has 4 aromatic carbocycles. The van der Waals surface area contributed by atoms with E-state index in [9.17, 15) is 48.3 Å². The lowest BCUT2D eigenvalue weighted by atomic mass is 10.1. The lowest BCUT2D eigenvalue weighted by molar-refractivity contribution is -0.432. The van der Waals surface area contributed by atoms with Crippen molar-refractivity contribution in [3.05, 3.63) is 69.8 Å². The van der Waals surface area contributed by atoms with Gasteiger partial charge in [0.2, 0.25) is 0 Å². The van der Waals surface area contributed by atoms with E-state index in [-0.39, 0.29) is 44.2 Å². The minimum Gasteiger partial charge on any atom is -0.505 e. The van der Waals surface area contributed by atoms with Gasteiger partial charge in [0.05, 0.1) is 45.5 Å². The van der Waals surface area contributed by atoms with E-state index in [2.05, 4.69) is 29.8 Å². The van der Waals surface area contributed by atoms with Crippen LogP contribution in [0, 0.1) is 17.0 Å². The van der Waals surface area contributed by atoms with E-state index >= 15 is 0 Å². The summed E-state index contributed by atoms with van der Waals surface area (Å²) in [6.07, 6.45) is -1.31. The molecule has 20 nitrogen and oxygen atoms in total. The largest absolute Gasteiger partial charge is 0.505 e. The van der Waals surface area contributed by atoms with Crippen LogP contribution in [0.25, 0.3) is 10.8 Å². The second kappa shape index (κ2) is 15.3. The van der Waals surface area contributed by atoms with Crippen LogP contribution < -0.4 is 10.5 Å². The number of fused-ring (bicyclic) bond motifs is 1. The molecule has 0 saturated heterocycles. The van der Waals surface area contributed by atoms with Gasteiger partial charge in [-0.25, -0.2) is 10.1 Å². The van der Waals surface area contributed by atoms with Gasteiger partial charge in [0, 0.05) is 17.5 Å². The van der Waals surface area contributed by atoms with Crippen molar-refractivity contribution in [3.8, 4) is 11.5 Å². The molecule has 49 heavy (non-hydrogen) atoms. The molecule has 0 aliphatic carbocycles. The van der Waals surface area contributed by atoms with Crippen molar-refractivity contribution in [2.45, 2.75) is 22.8 Å². The second-order valence-corrected chi connectivity index (χ2v) is 11.9. The van der Waals surface area contributed by atoms with Crippen molar-refractivity contribution in [3.63, 3.8) is 0 Å². The van der Waals surface area contributed by atoms with E-state index in [0.29, 0.717) is 17.6 Å². The summed E-state index contributed by atoms with van der Waals surface area (Å²) in [7, 11) is -4.74. The highest BCUT2D eigenvalue weighted by molar-refractivity contribution is 7.94. The van der Waals surface area contributed by atoms with E-state index in [1.165, 1.54) is 24.3 Å². The van der Waals surface area contributed by atoms with Gasteiger partial charge in [-0.1, -0.05) is 5.04 Å². The molecule has 0 bridgehead atoms. The monoisotopic (exact) mass is 720 g/mol. The first-order valence-corrected chi connectivity index (χ1v) is 15.5. The highest BCUT2D eigenvalue weighted by Crippen LogP contribution is 2.46. The SMILES string of the molecule is Cc1cc(N=Nc2c(SOOO)cc3cc(S(=O)(=O)O)c(N)cc3c2O)c(OCC(O)CO)cc1N=Nc1ccc([N+](=O)[O-])c(C(=O)O)c1. The fraction of sp³-hybridized carbons (Fsp3) is 0.148. The molecule has 0 aromatic heterocycles. The third-order valence-electron chi connectivity index (χ3n) is 6.47. The second-order valence-electron chi connectivity index (χ2n) is 9.80. The number of nitro benzene ring substituents is 1. The maximum Gasteiger partial charge on any atom is 0.342 e. The molecular weight excluding hydrogens is 696 g/mol. The number of hydrogen-bond donors (Lipinski definition) is 7. The molecule has 4 rings (SSSR count). The van der Waals surface area contributed by atoms with Crippen molar-refractivity contribution in [1.82, 2.24) is 0 Å². The molecule has 0 fully saturated rings. The number of azo groups is 2. The Bertz CT molecular complexity index is 2110. The molecule has 0 aliphatic rings. The lowest BCUT2D eigenvalue weighted by Gasteiger charge is -2.14. The zero-order valence-electron chi connectivity index (χ0n) is 24.7. The number of phenols is 1. The number of aryl methyl sites for hydroxylation is 1. The summed E-state index contributed by atoms with van der Waals surface area (Å²) < 4.78 is 43.1. The fourth-order valence-corrected chi connectivity index (χ4v) is 5.29. The number of carbonyl (C=O) groups is 1. The summed E-state index contributed by atoms with van der Waals surface area (Å²) in [6.45, 7) is 0.500. The zero-order valence-corrected chi connectivity index (χ0v) is 26.3. The van der Waals surface area contributed by atoms with E-state index in [0.717, 1.165) is 24.3 Å². The number of phenolic OH excluding ortho intramolecular Hbond substituents is 1. The number of nitro groups is 1. The third-order valence-corrected chi connectivity index (χ3v) is 8.00. The first-order chi connectivity index (χ1) is 23.1. The maximum absolute atomic E-state index is 11.7. The average molecular weight is 721 g/mol. The third kappa shape index (κ3) is 8.59. The Hall–Kier alpha value is -5.33. The molecule has 0 radical (unpaired) electrons. The molecule has 0 saturated carbocycles. The standard InChI is InChI=1S/C27H24N6O14S2/c1-12-4-20(31-32-25-23(48-47-46-41)5-13-6-24(49(42,43)44)18(28)8-16(13)26(25)36)22(45-11-15(35)10-34)9-19(12)30-29-14-2-3-21(33(39)40)17(7-14)27(37)38/h2-9,15,34-36,41H,10-11,28H2,1H3,(H,37,38)(H,42,43,44). The molecule has 1 atom stereocenters. The molecule has 0 amide bonds. The van der Waals surface area contributed by atoms with E-state index in [1.54, 1.807) is 6.92 Å². The first kappa shape index (κ1) is 36.5. The number of hydrogen-bond acceptors (Lipinski definition) is 18. The van der Waals surface area contributed by atoms with Gasteiger partial charge in [-0.2, -0.15) is 18.6 Å². The van der Waals surface area contributed by atoms with Gasteiger partial charge in [0.1, 0.15) is 40.3 Å². The number of anilines is 1. The summed E-state index contributed by atoms with van der Waals surface area (Å²) in [5, 5.41) is 79.3. The lowest BCUT2D eigenvalue weighted by Crippen LogP contribution is -2.21. The molecule has 8 N–H and O–H groups in total. The summed E-state index contributed by atoms with van der Waals surface area (Å²) in [6, 6.07) is 9.16. The van der Waals surface area contributed by atoms with Crippen molar-refractivity contribution in [2.24, 2.45) is 20.5 Å². The predicted molar refractivity (Wildman–Crippen MR) is 169 cm³/mol. The number of ether oxygens (including phenoxy) is 1. The van der Waals surface area contributed by atoms with Crippen LogP contribution >= 0.6 is 12.0 Å². The number of aromatic hydroxyl groups is 1. The Balaban J connectivity index is 1.81. The molecule has 258 valence electrons. The van der Waals surface area contributed by atoms with Gasteiger partial charge in [-0.05, 0) is 54.3 Å². The Morgan fingerprint density at radius 1 is 1.08 bits per heavy atom. The van der Waals surface area contributed by atoms with Gasteiger partial charge in [0.15, 0.2) is 5.75 Å². The van der Waals surface area contributed by atoms with Crippen molar-refractivity contribution >= 4 is 73.0 Å². The number of aliphatic hydroxyl groups is 2. The minimum absolute atomic E-state index is 0.0129. The van der Waals surface area contributed by atoms with Crippen LogP contribution in [0.4, 0.5) is 34.1 Å². The minimum atomic E-state index is -4.74. The van der Waals surface area contributed by atoms with Crippen molar-refractivity contribution in [2.75, 3.05) is 18.9 Å². The van der Waals surface area contributed by atoms with Crippen LogP contribution in [0.15, 0.2) is 78.8 Å². The number of nitrogen functional groups attached to an aromatic ring is 1. The van der Waals surface area contributed by atoms with Gasteiger partial charge in [-0.3, -0.25) is 14.7 Å². The number of nitrogens with zero attached hydrogens (tertiary/aromatic N) is 5. The highest BCUT2D eigenvalue weighted by Gasteiger charge is 2.22. The molecule has 0 heterocycles. The number of nitrogens with two attached hydrogens (primary N) is 1.